The first kappa shape index (κ1) is 20.7. The number of nitrogens with zero attached hydrogens (tertiary/aromatic N) is 4. The van der Waals surface area contributed by atoms with Crippen molar-refractivity contribution in [2.24, 2.45) is 5.92 Å². The summed E-state index contributed by atoms with van der Waals surface area (Å²) in [6.45, 7) is 9.18. The highest BCUT2D eigenvalue weighted by atomic mass is 19.1. The third kappa shape index (κ3) is 5.07. The first-order valence-corrected chi connectivity index (χ1v) is 9.99. The molecule has 0 radical (unpaired) electrons. The summed E-state index contributed by atoms with van der Waals surface area (Å²) in [7, 11) is 0. The Morgan fingerprint density at radius 1 is 1.21 bits per heavy atom. The lowest BCUT2D eigenvalue weighted by Gasteiger charge is -2.39. The first-order valence-electron chi connectivity index (χ1n) is 9.99. The quantitative estimate of drug-likeness (QED) is 0.771. The molecule has 3 rings (SSSR count). The second kappa shape index (κ2) is 9.46. The average Bonchev–Trinajstić information content (AvgIpc) is 2.69. The zero-order chi connectivity index (χ0) is 20.1. The van der Waals surface area contributed by atoms with Crippen LogP contribution in [-0.2, 0) is 9.53 Å². The van der Waals surface area contributed by atoms with Gasteiger partial charge >= 0.3 is 0 Å². The van der Waals surface area contributed by atoms with E-state index in [0.717, 1.165) is 18.7 Å². The van der Waals surface area contributed by atoms with Gasteiger partial charge in [0.15, 0.2) is 0 Å². The molecule has 2 aliphatic rings. The molecule has 0 bridgehead atoms. The Bertz CT molecular complexity index is 695. The van der Waals surface area contributed by atoms with Crippen molar-refractivity contribution < 1.29 is 13.9 Å². The molecule has 2 aliphatic heterocycles. The van der Waals surface area contributed by atoms with Gasteiger partial charge in [-0.05, 0) is 23.6 Å². The van der Waals surface area contributed by atoms with Gasteiger partial charge in [-0.25, -0.2) is 4.39 Å². The van der Waals surface area contributed by atoms with Crippen molar-refractivity contribution in [2.45, 2.75) is 26.0 Å². The van der Waals surface area contributed by atoms with Crippen LogP contribution in [0.3, 0.4) is 0 Å². The van der Waals surface area contributed by atoms with E-state index < -0.39 is 0 Å². The molecule has 0 N–H and O–H groups in total. The average molecular weight is 388 g/mol. The molecule has 28 heavy (non-hydrogen) atoms. The number of halogens is 1. The first-order chi connectivity index (χ1) is 13.5. The van der Waals surface area contributed by atoms with Crippen molar-refractivity contribution in [3.8, 4) is 6.07 Å². The van der Waals surface area contributed by atoms with Crippen molar-refractivity contribution in [2.75, 3.05) is 52.4 Å². The predicted octanol–water partition coefficient (Wildman–Crippen LogP) is 1.89. The summed E-state index contributed by atoms with van der Waals surface area (Å²) in [5.41, 5.74) is 0.934. The van der Waals surface area contributed by atoms with E-state index in [2.05, 4.69) is 29.7 Å². The summed E-state index contributed by atoms with van der Waals surface area (Å²) < 4.78 is 18.9. The maximum absolute atomic E-state index is 13.1. The smallest absolute Gasteiger partial charge is 0.236 e. The number of carbonyl (C=O) groups excluding carboxylic acids is 1. The second-order valence-corrected chi connectivity index (χ2v) is 7.88. The Morgan fingerprint density at radius 2 is 1.89 bits per heavy atom. The highest BCUT2D eigenvalue weighted by molar-refractivity contribution is 5.78. The van der Waals surface area contributed by atoms with Crippen LogP contribution in [0.2, 0.25) is 0 Å². The Hall–Kier alpha value is -2.01. The fourth-order valence-corrected chi connectivity index (χ4v) is 3.92. The van der Waals surface area contributed by atoms with Gasteiger partial charge in [-0.15, -0.1) is 0 Å². The summed E-state index contributed by atoms with van der Waals surface area (Å²) in [5, 5.41) is 9.36. The molecular weight excluding hydrogens is 359 g/mol. The van der Waals surface area contributed by atoms with Crippen molar-refractivity contribution >= 4 is 5.91 Å². The molecule has 1 aromatic carbocycles. The zero-order valence-corrected chi connectivity index (χ0v) is 16.7. The van der Waals surface area contributed by atoms with Crippen LogP contribution in [-0.4, -0.2) is 79.1 Å². The molecule has 2 atom stereocenters. The minimum Gasteiger partial charge on any atom is -0.371 e. The van der Waals surface area contributed by atoms with Gasteiger partial charge in [-0.1, -0.05) is 26.0 Å². The molecule has 2 saturated heterocycles. The zero-order valence-electron chi connectivity index (χ0n) is 16.7. The number of hydrogen-bond donors (Lipinski definition) is 0. The standard InChI is InChI=1S/C21H29FN4O2/c1-16(2)19(13-23)25-7-9-26(10-8-25)21(27)15-24-11-12-28-20(14-24)17-3-5-18(22)6-4-17/h3-6,16,19-20H,7-12,14-15H2,1-2H3/t19-,20+/m1/s1. The third-order valence-corrected chi connectivity index (χ3v) is 5.58. The molecule has 0 aromatic heterocycles. The van der Waals surface area contributed by atoms with E-state index in [-0.39, 0.29) is 29.8 Å². The minimum atomic E-state index is -0.262. The Morgan fingerprint density at radius 3 is 2.50 bits per heavy atom. The monoisotopic (exact) mass is 388 g/mol. The number of morpholine rings is 1. The lowest BCUT2D eigenvalue weighted by molar-refractivity contribution is -0.136. The second-order valence-electron chi connectivity index (χ2n) is 7.88. The highest BCUT2D eigenvalue weighted by Gasteiger charge is 2.29. The summed E-state index contributed by atoms with van der Waals surface area (Å²) in [5.74, 6) is 0.142. The molecule has 0 unspecified atom stereocenters. The molecule has 0 aliphatic carbocycles. The van der Waals surface area contributed by atoms with Gasteiger partial charge in [0.25, 0.3) is 0 Å². The Balaban J connectivity index is 1.50. The molecule has 1 amide bonds. The molecule has 6 nitrogen and oxygen atoms in total. The number of hydrogen-bond acceptors (Lipinski definition) is 5. The summed E-state index contributed by atoms with van der Waals surface area (Å²) in [6.07, 6.45) is -0.138. The van der Waals surface area contributed by atoms with Crippen LogP contribution < -0.4 is 0 Å². The lowest BCUT2D eigenvalue weighted by Crippen LogP contribution is -2.55. The third-order valence-electron chi connectivity index (χ3n) is 5.58. The summed E-state index contributed by atoms with van der Waals surface area (Å²) >= 11 is 0. The molecule has 0 saturated carbocycles. The van der Waals surface area contributed by atoms with Crippen LogP contribution in [0.15, 0.2) is 24.3 Å². The Labute approximate surface area is 166 Å². The molecule has 1 aromatic rings. The minimum absolute atomic E-state index is 0.0898. The summed E-state index contributed by atoms with van der Waals surface area (Å²) in [6, 6.07) is 8.65. The van der Waals surface area contributed by atoms with Gasteiger partial charge in [0, 0.05) is 39.3 Å². The molecular formula is C21H29FN4O2. The fraction of sp³-hybridized carbons (Fsp3) is 0.619. The SMILES string of the molecule is CC(C)[C@@H](C#N)N1CCN(C(=O)CN2CCO[C@H](c3ccc(F)cc3)C2)CC1. The van der Waals surface area contributed by atoms with Gasteiger partial charge < -0.3 is 9.64 Å². The molecule has 0 spiro atoms. The number of amides is 1. The molecule has 2 heterocycles. The number of nitriles is 1. The largest absolute Gasteiger partial charge is 0.371 e. The van der Waals surface area contributed by atoms with E-state index in [1.54, 1.807) is 12.1 Å². The maximum Gasteiger partial charge on any atom is 0.236 e. The fourth-order valence-electron chi connectivity index (χ4n) is 3.92. The van der Waals surface area contributed by atoms with Crippen molar-refractivity contribution in [3.05, 3.63) is 35.6 Å². The maximum atomic E-state index is 13.1. The van der Waals surface area contributed by atoms with E-state index in [9.17, 15) is 14.4 Å². The van der Waals surface area contributed by atoms with E-state index in [4.69, 9.17) is 4.74 Å². The van der Waals surface area contributed by atoms with Gasteiger partial charge in [0.1, 0.15) is 11.9 Å². The number of ether oxygens (including phenoxy) is 1. The van der Waals surface area contributed by atoms with Crippen LogP contribution in [0.1, 0.15) is 25.5 Å². The molecule has 2 fully saturated rings. The lowest BCUT2D eigenvalue weighted by atomic mass is 10.0. The topological polar surface area (TPSA) is 59.8 Å². The number of benzene rings is 1. The van der Waals surface area contributed by atoms with E-state index in [1.165, 1.54) is 12.1 Å². The van der Waals surface area contributed by atoms with Crippen LogP contribution >= 0.6 is 0 Å². The Kier molecular flexibility index (Phi) is 7.00. The van der Waals surface area contributed by atoms with Crippen molar-refractivity contribution in [1.29, 1.82) is 5.26 Å². The molecule has 152 valence electrons. The van der Waals surface area contributed by atoms with Crippen molar-refractivity contribution in [1.82, 2.24) is 14.7 Å². The van der Waals surface area contributed by atoms with Crippen LogP contribution in [0.5, 0.6) is 0 Å². The van der Waals surface area contributed by atoms with Gasteiger partial charge in [0.05, 0.1) is 25.3 Å². The van der Waals surface area contributed by atoms with E-state index in [1.807, 2.05) is 4.90 Å². The van der Waals surface area contributed by atoms with E-state index in [0.29, 0.717) is 39.3 Å². The number of piperazine rings is 1. The van der Waals surface area contributed by atoms with E-state index >= 15 is 0 Å². The highest BCUT2D eigenvalue weighted by Crippen LogP contribution is 2.22. The van der Waals surface area contributed by atoms with Crippen LogP contribution in [0, 0.1) is 23.1 Å². The van der Waals surface area contributed by atoms with Crippen LogP contribution in [0.25, 0.3) is 0 Å². The van der Waals surface area contributed by atoms with Gasteiger partial charge in [-0.2, -0.15) is 5.26 Å². The van der Waals surface area contributed by atoms with Crippen molar-refractivity contribution in [3.63, 3.8) is 0 Å². The normalized spacial score (nSPS) is 22.8. The van der Waals surface area contributed by atoms with Crippen LogP contribution in [0.4, 0.5) is 4.39 Å². The predicted molar refractivity (Wildman–Crippen MR) is 104 cm³/mol. The van der Waals surface area contributed by atoms with Gasteiger partial charge in [-0.3, -0.25) is 14.6 Å². The number of carbonyl (C=O) groups is 1. The van der Waals surface area contributed by atoms with Gasteiger partial charge in [0.2, 0.25) is 5.91 Å². The molecule has 7 heteroatoms. The number of rotatable bonds is 5. The summed E-state index contributed by atoms with van der Waals surface area (Å²) in [4.78, 5) is 18.9.